The van der Waals surface area contributed by atoms with Crippen molar-refractivity contribution < 1.29 is 14.3 Å². The third-order valence-electron chi connectivity index (χ3n) is 6.30. The first-order valence-electron chi connectivity index (χ1n) is 12.7. The Balaban J connectivity index is 1.50. The van der Waals surface area contributed by atoms with E-state index in [1.165, 1.54) is 11.3 Å². The van der Waals surface area contributed by atoms with E-state index >= 15 is 0 Å². The lowest BCUT2D eigenvalue weighted by Gasteiger charge is -2.25. The molecule has 0 fully saturated rings. The van der Waals surface area contributed by atoms with Crippen molar-refractivity contribution in [2.75, 3.05) is 0 Å². The molecule has 5 rings (SSSR count). The summed E-state index contributed by atoms with van der Waals surface area (Å²) < 4.78 is 13.5. The first-order chi connectivity index (χ1) is 19.2. The number of carbonyl (C=O) groups is 1. The number of aromatic nitrogens is 1. The molecule has 0 saturated heterocycles. The van der Waals surface area contributed by atoms with Gasteiger partial charge in [0.05, 0.1) is 27.9 Å². The number of rotatable bonds is 7. The second-order valence-electron chi connectivity index (χ2n) is 9.54. The van der Waals surface area contributed by atoms with Crippen LogP contribution in [0.5, 0.6) is 5.75 Å². The second kappa shape index (κ2) is 11.8. The average Bonchev–Trinajstić information content (AvgIpc) is 3.22. The molecule has 40 heavy (non-hydrogen) atoms. The number of carbonyl (C=O) groups excluding carboxylic acids is 1. The predicted octanol–water partition coefficient (Wildman–Crippen LogP) is 6.07. The van der Waals surface area contributed by atoms with Gasteiger partial charge in [-0.1, -0.05) is 77.0 Å². The van der Waals surface area contributed by atoms with Crippen molar-refractivity contribution in [1.82, 2.24) is 4.57 Å². The summed E-state index contributed by atoms with van der Waals surface area (Å²) >= 11 is 13.6. The molecule has 0 amide bonds. The number of fused-ring (bicyclic) bond motifs is 1. The number of benzene rings is 3. The smallest absolute Gasteiger partial charge is 0.338 e. The van der Waals surface area contributed by atoms with Crippen LogP contribution in [0.2, 0.25) is 10.0 Å². The topological polar surface area (TPSA) is 69.9 Å². The lowest BCUT2D eigenvalue weighted by Crippen LogP contribution is -2.40. The molecule has 204 valence electrons. The third-order valence-corrected chi connectivity index (χ3v) is 7.90. The number of hydrogen-bond donors (Lipinski definition) is 0. The standard InChI is InChI=1S/C31H26Cl2N2O4S/c1-18(2)39-30(37)27-19(3)34-31-35(28(27)21-10-12-23(32)13-11-21)29(36)26(40-31)16-20-8-14-24(15-9-20)38-17-22-6-4-5-7-25(22)33/h4-16,18,28H,17H2,1-3H3. The van der Waals surface area contributed by atoms with Crippen molar-refractivity contribution in [3.05, 3.63) is 130 Å². The number of allylic oxidation sites excluding steroid dienone is 1. The summed E-state index contributed by atoms with van der Waals surface area (Å²) in [7, 11) is 0. The number of esters is 1. The Labute approximate surface area is 245 Å². The van der Waals surface area contributed by atoms with Gasteiger partial charge in [0.1, 0.15) is 12.4 Å². The molecule has 0 bridgehead atoms. The Bertz CT molecular complexity index is 1770. The molecule has 3 aromatic carbocycles. The van der Waals surface area contributed by atoms with Gasteiger partial charge in [-0.2, -0.15) is 0 Å². The molecule has 2 heterocycles. The first-order valence-corrected chi connectivity index (χ1v) is 14.2. The van der Waals surface area contributed by atoms with Gasteiger partial charge < -0.3 is 9.47 Å². The number of halogens is 2. The molecule has 9 heteroatoms. The molecular formula is C31H26Cl2N2O4S. The molecule has 0 saturated carbocycles. The zero-order valence-corrected chi connectivity index (χ0v) is 24.4. The van der Waals surface area contributed by atoms with Gasteiger partial charge in [0, 0.05) is 15.6 Å². The van der Waals surface area contributed by atoms with Crippen molar-refractivity contribution in [1.29, 1.82) is 0 Å². The van der Waals surface area contributed by atoms with E-state index in [0.717, 1.165) is 16.7 Å². The number of ether oxygens (including phenoxy) is 2. The summed E-state index contributed by atoms with van der Waals surface area (Å²) in [6, 6.07) is 21.4. The van der Waals surface area contributed by atoms with Crippen molar-refractivity contribution in [2.45, 2.75) is 39.5 Å². The van der Waals surface area contributed by atoms with Gasteiger partial charge >= 0.3 is 5.97 Å². The van der Waals surface area contributed by atoms with Gasteiger partial charge in [-0.3, -0.25) is 9.36 Å². The molecular weight excluding hydrogens is 567 g/mol. The summed E-state index contributed by atoms with van der Waals surface area (Å²) in [6.07, 6.45) is 1.49. The van der Waals surface area contributed by atoms with Gasteiger partial charge in [0.15, 0.2) is 4.80 Å². The Morgan fingerprint density at radius 2 is 1.75 bits per heavy atom. The van der Waals surface area contributed by atoms with Gasteiger partial charge in [-0.15, -0.1) is 0 Å². The van der Waals surface area contributed by atoms with Crippen LogP contribution in [0.15, 0.2) is 93.9 Å². The maximum atomic E-state index is 13.8. The molecule has 1 aliphatic heterocycles. The van der Waals surface area contributed by atoms with Crippen molar-refractivity contribution in [3.8, 4) is 5.75 Å². The Morgan fingerprint density at radius 3 is 2.42 bits per heavy atom. The van der Waals surface area contributed by atoms with E-state index in [0.29, 0.717) is 43.0 Å². The second-order valence-corrected chi connectivity index (χ2v) is 11.4. The fourth-order valence-electron chi connectivity index (χ4n) is 4.41. The molecule has 1 atom stereocenters. The third kappa shape index (κ3) is 5.92. The average molecular weight is 594 g/mol. The van der Waals surface area contributed by atoms with E-state index in [1.807, 2.05) is 66.7 Å². The maximum Gasteiger partial charge on any atom is 0.338 e. The van der Waals surface area contributed by atoms with Crippen LogP contribution in [0.25, 0.3) is 6.08 Å². The molecule has 0 spiro atoms. The summed E-state index contributed by atoms with van der Waals surface area (Å²) in [5, 5.41) is 1.21. The zero-order valence-electron chi connectivity index (χ0n) is 22.1. The molecule has 1 unspecified atom stereocenters. The molecule has 1 aromatic heterocycles. The SMILES string of the molecule is CC1=C(C(=O)OC(C)C)C(c2ccc(Cl)cc2)n2c(sc(=Cc3ccc(OCc4ccccc4Cl)cc3)c2=O)=N1. The van der Waals surface area contributed by atoms with Crippen LogP contribution in [0.4, 0.5) is 0 Å². The quantitative estimate of drug-likeness (QED) is 0.244. The highest BCUT2D eigenvalue weighted by molar-refractivity contribution is 7.07. The molecule has 1 aliphatic rings. The van der Waals surface area contributed by atoms with Gasteiger partial charge in [0.2, 0.25) is 0 Å². The maximum absolute atomic E-state index is 13.8. The van der Waals surface area contributed by atoms with E-state index < -0.39 is 12.0 Å². The highest BCUT2D eigenvalue weighted by Crippen LogP contribution is 2.31. The Morgan fingerprint density at radius 1 is 1.05 bits per heavy atom. The fourth-order valence-corrected chi connectivity index (χ4v) is 5.77. The van der Waals surface area contributed by atoms with Crippen LogP contribution >= 0.6 is 34.5 Å². The van der Waals surface area contributed by atoms with E-state index in [1.54, 1.807) is 37.5 Å². The lowest BCUT2D eigenvalue weighted by atomic mass is 9.96. The monoisotopic (exact) mass is 592 g/mol. The van der Waals surface area contributed by atoms with Crippen LogP contribution in [0.3, 0.4) is 0 Å². The van der Waals surface area contributed by atoms with Crippen LogP contribution in [0.1, 0.15) is 43.5 Å². The molecule has 0 aliphatic carbocycles. The van der Waals surface area contributed by atoms with E-state index in [-0.39, 0.29) is 11.7 Å². The number of hydrogen-bond acceptors (Lipinski definition) is 6. The van der Waals surface area contributed by atoms with Gasteiger partial charge in [-0.25, -0.2) is 9.79 Å². The summed E-state index contributed by atoms with van der Waals surface area (Å²) in [6.45, 7) is 5.68. The van der Waals surface area contributed by atoms with Crippen molar-refractivity contribution in [3.63, 3.8) is 0 Å². The van der Waals surface area contributed by atoms with E-state index in [9.17, 15) is 9.59 Å². The highest BCUT2D eigenvalue weighted by atomic mass is 35.5. The Kier molecular flexibility index (Phi) is 8.26. The highest BCUT2D eigenvalue weighted by Gasteiger charge is 2.33. The van der Waals surface area contributed by atoms with Crippen molar-refractivity contribution in [2.24, 2.45) is 4.99 Å². The fraction of sp³-hybridized carbons (Fsp3) is 0.194. The van der Waals surface area contributed by atoms with Crippen LogP contribution in [0, 0.1) is 0 Å². The minimum Gasteiger partial charge on any atom is -0.489 e. The van der Waals surface area contributed by atoms with E-state index in [2.05, 4.69) is 4.99 Å². The summed E-state index contributed by atoms with van der Waals surface area (Å²) in [5.74, 6) is 0.183. The summed E-state index contributed by atoms with van der Waals surface area (Å²) in [4.78, 5) is 32.1. The molecule has 0 radical (unpaired) electrons. The zero-order chi connectivity index (χ0) is 28.4. The predicted molar refractivity (Wildman–Crippen MR) is 159 cm³/mol. The molecule has 0 N–H and O–H groups in total. The van der Waals surface area contributed by atoms with Gasteiger partial charge in [-0.05, 0) is 68.3 Å². The minimum absolute atomic E-state index is 0.245. The van der Waals surface area contributed by atoms with Crippen LogP contribution < -0.4 is 19.6 Å². The minimum atomic E-state index is -0.692. The normalized spacial score (nSPS) is 15.2. The largest absolute Gasteiger partial charge is 0.489 e. The number of nitrogens with zero attached hydrogens (tertiary/aromatic N) is 2. The lowest BCUT2D eigenvalue weighted by molar-refractivity contribution is -0.143. The van der Waals surface area contributed by atoms with Gasteiger partial charge in [0.25, 0.3) is 5.56 Å². The Hall–Kier alpha value is -3.65. The van der Waals surface area contributed by atoms with Crippen molar-refractivity contribution >= 4 is 46.6 Å². The van der Waals surface area contributed by atoms with Crippen LogP contribution in [-0.4, -0.2) is 16.6 Å². The molecule has 4 aromatic rings. The summed E-state index contributed by atoms with van der Waals surface area (Å²) in [5.41, 5.74) is 3.06. The first kappa shape index (κ1) is 27.9. The van der Waals surface area contributed by atoms with E-state index in [4.69, 9.17) is 32.7 Å². The number of thiazole rings is 1. The molecule has 6 nitrogen and oxygen atoms in total. The van der Waals surface area contributed by atoms with Crippen LogP contribution in [-0.2, 0) is 16.1 Å².